The van der Waals surface area contributed by atoms with Gasteiger partial charge in [0, 0.05) is 11.6 Å². The normalized spacial score (nSPS) is 18.5. The zero-order valence-corrected chi connectivity index (χ0v) is 11.6. The van der Waals surface area contributed by atoms with E-state index < -0.39 is 11.6 Å². The van der Waals surface area contributed by atoms with Crippen molar-refractivity contribution in [3.05, 3.63) is 35.4 Å². The van der Waals surface area contributed by atoms with Crippen LogP contribution in [0.15, 0.2) is 18.2 Å². The van der Waals surface area contributed by atoms with Gasteiger partial charge in [-0.1, -0.05) is 51.2 Å². The molecule has 1 aromatic rings. The molecule has 3 heteroatoms. The third kappa shape index (κ3) is 3.75. The smallest absolute Gasteiger partial charge is 0.163 e. The third-order valence-corrected chi connectivity index (χ3v) is 4.10. The second kappa shape index (κ2) is 6.99. The highest BCUT2D eigenvalue weighted by Gasteiger charge is 2.22. The number of hydrogen-bond acceptors (Lipinski definition) is 1. The van der Waals surface area contributed by atoms with E-state index in [0.29, 0.717) is 11.5 Å². The Hall–Kier alpha value is -0.960. The fourth-order valence-electron chi connectivity index (χ4n) is 3.11. The van der Waals surface area contributed by atoms with Crippen molar-refractivity contribution in [1.29, 1.82) is 0 Å². The van der Waals surface area contributed by atoms with Gasteiger partial charge in [-0.2, -0.15) is 0 Å². The van der Waals surface area contributed by atoms with Crippen molar-refractivity contribution in [3.63, 3.8) is 0 Å². The Morgan fingerprint density at radius 1 is 1.21 bits per heavy atom. The largest absolute Gasteiger partial charge is 0.310 e. The lowest BCUT2D eigenvalue weighted by atomic mass is 9.83. The monoisotopic (exact) mass is 267 g/mol. The molecule has 0 spiro atoms. The van der Waals surface area contributed by atoms with Gasteiger partial charge in [0.15, 0.2) is 11.6 Å². The van der Waals surface area contributed by atoms with Crippen LogP contribution < -0.4 is 5.32 Å². The van der Waals surface area contributed by atoms with Crippen molar-refractivity contribution in [3.8, 4) is 0 Å². The van der Waals surface area contributed by atoms with Crippen molar-refractivity contribution >= 4 is 0 Å². The molecule has 0 amide bonds. The van der Waals surface area contributed by atoms with Crippen LogP contribution in [0, 0.1) is 17.6 Å². The number of benzene rings is 1. The van der Waals surface area contributed by atoms with Crippen LogP contribution in [0.1, 0.15) is 57.1 Å². The molecular weight excluding hydrogens is 244 g/mol. The first-order valence-corrected chi connectivity index (χ1v) is 7.39. The molecule has 0 heterocycles. The van der Waals surface area contributed by atoms with Crippen LogP contribution in [0.25, 0.3) is 0 Å². The Bertz CT molecular complexity index is 400. The van der Waals surface area contributed by atoms with Crippen molar-refractivity contribution in [2.75, 3.05) is 6.54 Å². The molecule has 1 atom stereocenters. The highest BCUT2D eigenvalue weighted by Crippen LogP contribution is 2.33. The van der Waals surface area contributed by atoms with Crippen molar-refractivity contribution in [2.45, 2.75) is 51.5 Å². The lowest BCUT2D eigenvalue weighted by molar-refractivity contribution is 0.297. The van der Waals surface area contributed by atoms with Gasteiger partial charge < -0.3 is 5.32 Å². The van der Waals surface area contributed by atoms with Gasteiger partial charge in [-0.05, 0) is 24.9 Å². The quantitative estimate of drug-likeness (QED) is 0.823. The summed E-state index contributed by atoms with van der Waals surface area (Å²) in [6.45, 7) is 2.78. The van der Waals surface area contributed by atoms with E-state index in [1.165, 1.54) is 38.2 Å². The highest BCUT2D eigenvalue weighted by atomic mass is 19.2. The molecule has 19 heavy (non-hydrogen) atoms. The van der Waals surface area contributed by atoms with E-state index in [0.717, 1.165) is 13.0 Å². The summed E-state index contributed by atoms with van der Waals surface area (Å²) in [4.78, 5) is 0. The summed E-state index contributed by atoms with van der Waals surface area (Å²) >= 11 is 0. The summed E-state index contributed by atoms with van der Waals surface area (Å²) in [7, 11) is 0. The summed E-state index contributed by atoms with van der Waals surface area (Å²) in [5.41, 5.74) is 0.479. The highest BCUT2D eigenvalue weighted by molar-refractivity contribution is 5.22. The van der Waals surface area contributed by atoms with E-state index in [1.54, 1.807) is 12.1 Å². The summed E-state index contributed by atoms with van der Waals surface area (Å²) in [6.07, 6.45) is 7.22. The molecule has 0 saturated heterocycles. The number of halogens is 2. The first kappa shape index (κ1) is 14.4. The topological polar surface area (TPSA) is 12.0 Å². The standard InChI is InChI=1S/C16H23F2N/c1-2-19-15(11-12-7-4-3-5-8-12)13-9-6-10-14(17)16(13)18/h6,9-10,12,15,19H,2-5,7-8,11H2,1H3. The fraction of sp³-hybridized carbons (Fsp3) is 0.625. The second-order valence-electron chi connectivity index (χ2n) is 5.49. The molecular formula is C16H23F2N. The van der Waals surface area contributed by atoms with E-state index in [2.05, 4.69) is 5.32 Å². The van der Waals surface area contributed by atoms with Crippen molar-refractivity contribution < 1.29 is 8.78 Å². The van der Waals surface area contributed by atoms with Crippen molar-refractivity contribution in [2.24, 2.45) is 5.92 Å². The zero-order valence-electron chi connectivity index (χ0n) is 11.6. The maximum absolute atomic E-state index is 13.9. The maximum atomic E-state index is 13.9. The van der Waals surface area contributed by atoms with Crippen LogP contribution in [0.4, 0.5) is 8.78 Å². The number of rotatable bonds is 5. The minimum Gasteiger partial charge on any atom is -0.310 e. The minimum atomic E-state index is -0.746. The van der Waals surface area contributed by atoms with Crippen LogP contribution in [0.3, 0.4) is 0 Å². The van der Waals surface area contributed by atoms with Crippen LogP contribution in [0.5, 0.6) is 0 Å². The minimum absolute atomic E-state index is 0.0659. The Balaban J connectivity index is 2.11. The SMILES string of the molecule is CCNC(CC1CCCCC1)c1cccc(F)c1F. The molecule has 106 valence electrons. The average molecular weight is 267 g/mol. The van der Waals surface area contributed by atoms with E-state index in [9.17, 15) is 8.78 Å². The maximum Gasteiger partial charge on any atom is 0.163 e. The molecule has 0 bridgehead atoms. The molecule has 1 aromatic carbocycles. The van der Waals surface area contributed by atoms with Gasteiger partial charge in [0.25, 0.3) is 0 Å². The molecule has 0 radical (unpaired) electrons. The summed E-state index contributed by atoms with van der Waals surface area (Å²) < 4.78 is 27.3. The second-order valence-corrected chi connectivity index (χ2v) is 5.49. The Labute approximate surface area is 114 Å². The van der Waals surface area contributed by atoms with E-state index >= 15 is 0 Å². The van der Waals surface area contributed by atoms with Gasteiger partial charge in [-0.15, -0.1) is 0 Å². The lowest BCUT2D eigenvalue weighted by Gasteiger charge is -2.27. The lowest BCUT2D eigenvalue weighted by Crippen LogP contribution is -2.25. The molecule has 0 aliphatic heterocycles. The first-order chi connectivity index (χ1) is 9.22. The van der Waals surface area contributed by atoms with Crippen molar-refractivity contribution in [1.82, 2.24) is 5.32 Å². The summed E-state index contributed by atoms with van der Waals surface area (Å²) in [5, 5.41) is 3.31. The van der Waals surface area contributed by atoms with Gasteiger partial charge in [0.2, 0.25) is 0 Å². The molecule has 1 nitrogen and oxygen atoms in total. The van der Waals surface area contributed by atoms with E-state index in [-0.39, 0.29) is 6.04 Å². The molecule has 2 rings (SSSR count). The predicted octanol–water partition coefficient (Wildman–Crippen LogP) is 4.59. The molecule has 1 unspecified atom stereocenters. The molecule has 1 saturated carbocycles. The first-order valence-electron chi connectivity index (χ1n) is 7.39. The van der Waals surface area contributed by atoms with Gasteiger partial charge in [-0.25, -0.2) is 8.78 Å². The number of hydrogen-bond donors (Lipinski definition) is 1. The zero-order chi connectivity index (χ0) is 13.7. The Morgan fingerprint density at radius 2 is 1.95 bits per heavy atom. The van der Waals surface area contributed by atoms with Gasteiger partial charge in [-0.3, -0.25) is 0 Å². The molecule has 1 N–H and O–H groups in total. The van der Waals surface area contributed by atoms with Crippen LogP contribution >= 0.6 is 0 Å². The number of nitrogens with one attached hydrogen (secondary N) is 1. The molecule has 1 fully saturated rings. The van der Waals surface area contributed by atoms with Crippen LogP contribution in [-0.4, -0.2) is 6.54 Å². The third-order valence-electron chi connectivity index (χ3n) is 4.10. The Kier molecular flexibility index (Phi) is 5.32. The van der Waals surface area contributed by atoms with Gasteiger partial charge in [0.05, 0.1) is 0 Å². The van der Waals surface area contributed by atoms with Gasteiger partial charge in [0.1, 0.15) is 0 Å². The molecule has 1 aliphatic rings. The van der Waals surface area contributed by atoms with E-state index in [1.807, 2.05) is 6.92 Å². The van der Waals surface area contributed by atoms with E-state index in [4.69, 9.17) is 0 Å². The van der Waals surface area contributed by atoms with Crippen LogP contribution in [-0.2, 0) is 0 Å². The fourth-order valence-corrected chi connectivity index (χ4v) is 3.11. The molecule has 1 aliphatic carbocycles. The summed E-state index contributed by atoms with van der Waals surface area (Å²) in [6, 6.07) is 4.42. The predicted molar refractivity (Wildman–Crippen MR) is 74.0 cm³/mol. The Morgan fingerprint density at radius 3 is 2.63 bits per heavy atom. The molecule has 0 aromatic heterocycles. The van der Waals surface area contributed by atoms with Gasteiger partial charge >= 0.3 is 0 Å². The average Bonchev–Trinajstić information content (AvgIpc) is 2.43. The summed E-state index contributed by atoms with van der Waals surface area (Å²) in [5.74, 6) is -0.797. The van der Waals surface area contributed by atoms with Crippen LogP contribution in [0.2, 0.25) is 0 Å².